The molecule has 0 atom stereocenters. The predicted octanol–water partition coefficient (Wildman–Crippen LogP) is 1.94. The van der Waals surface area contributed by atoms with Gasteiger partial charge in [0, 0.05) is 24.7 Å². The van der Waals surface area contributed by atoms with Crippen molar-refractivity contribution in [3.8, 4) is 0 Å². The Bertz CT molecular complexity index is 687. The third-order valence-electron chi connectivity index (χ3n) is 3.79. The van der Waals surface area contributed by atoms with Gasteiger partial charge in [-0.2, -0.15) is 0 Å². The lowest BCUT2D eigenvalue weighted by Crippen LogP contribution is -2.37. The second kappa shape index (κ2) is 8.08. The molecule has 1 aromatic carbocycles. The smallest absolute Gasteiger partial charge is 0.271 e. The molecule has 1 fully saturated rings. The Hall–Kier alpha value is -2.18. The molecule has 0 saturated carbocycles. The number of benzene rings is 1. The van der Waals surface area contributed by atoms with Crippen LogP contribution in [0.3, 0.4) is 0 Å². The largest absolute Gasteiger partial charge is 0.378 e. The van der Waals surface area contributed by atoms with Gasteiger partial charge in [-0.1, -0.05) is 23.7 Å². The molecule has 126 valence electrons. The van der Waals surface area contributed by atoms with Gasteiger partial charge in [-0.25, -0.2) is 9.97 Å². The number of ether oxygens (including phenoxy) is 1. The molecule has 1 aliphatic rings. The fraction of sp³-hybridized carbons (Fsp3) is 0.353. The molecule has 0 radical (unpaired) electrons. The van der Waals surface area contributed by atoms with Crippen molar-refractivity contribution < 1.29 is 9.53 Å². The summed E-state index contributed by atoms with van der Waals surface area (Å²) in [5.41, 5.74) is 1.40. The average molecular weight is 347 g/mol. The Labute approximate surface area is 145 Å². The molecular weight excluding hydrogens is 328 g/mol. The lowest BCUT2D eigenvalue weighted by molar-refractivity contribution is 0.0948. The van der Waals surface area contributed by atoms with Crippen LogP contribution in [-0.4, -0.2) is 48.7 Å². The molecular formula is C17H19ClN4O2. The molecule has 2 aromatic rings. The highest BCUT2D eigenvalue weighted by molar-refractivity contribution is 6.30. The lowest BCUT2D eigenvalue weighted by Gasteiger charge is -2.27. The minimum atomic E-state index is -0.224. The Balaban J connectivity index is 1.51. The van der Waals surface area contributed by atoms with E-state index in [1.807, 2.05) is 24.3 Å². The summed E-state index contributed by atoms with van der Waals surface area (Å²) in [4.78, 5) is 22.8. The van der Waals surface area contributed by atoms with Crippen molar-refractivity contribution in [1.82, 2.24) is 15.3 Å². The van der Waals surface area contributed by atoms with E-state index >= 15 is 0 Å². The summed E-state index contributed by atoms with van der Waals surface area (Å²) in [5, 5.41) is 3.55. The Morgan fingerprint density at radius 3 is 2.79 bits per heavy atom. The van der Waals surface area contributed by atoms with Crippen molar-refractivity contribution in [2.75, 3.05) is 37.7 Å². The normalized spacial score (nSPS) is 14.5. The molecule has 3 rings (SSSR count). The molecule has 1 N–H and O–H groups in total. The first kappa shape index (κ1) is 16.7. The minimum absolute atomic E-state index is 0.224. The third-order valence-corrected chi connectivity index (χ3v) is 4.03. The number of halogens is 1. The van der Waals surface area contributed by atoms with E-state index in [0.29, 0.717) is 36.9 Å². The Kier molecular flexibility index (Phi) is 5.61. The molecule has 2 heterocycles. The van der Waals surface area contributed by atoms with E-state index < -0.39 is 0 Å². The maximum atomic E-state index is 12.1. The van der Waals surface area contributed by atoms with Crippen LogP contribution in [0.25, 0.3) is 0 Å². The van der Waals surface area contributed by atoms with E-state index in [4.69, 9.17) is 16.3 Å². The van der Waals surface area contributed by atoms with E-state index in [1.165, 1.54) is 6.20 Å². The van der Waals surface area contributed by atoms with E-state index in [2.05, 4.69) is 20.2 Å². The highest BCUT2D eigenvalue weighted by Gasteiger charge is 2.14. The van der Waals surface area contributed by atoms with E-state index in [1.54, 1.807) is 6.20 Å². The number of aromatic nitrogens is 2. The fourth-order valence-electron chi connectivity index (χ4n) is 2.50. The van der Waals surface area contributed by atoms with Gasteiger partial charge in [0.15, 0.2) is 0 Å². The Morgan fingerprint density at radius 2 is 2.08 bits per heavy atom. The van der Waals surface area contributed by atoms with Gasteiger partial charge < -0.3 is 15.0 Å². The van der Waals surface area contributed by atoms with Crippen molar-refractivity contribution in [2.24, 2.45) is 0 Å². The van der Waals surface area contributed by atoms with Crippen LogP contribution in [0.1, 0.15) is 16.1 Å². The molecule has 7 heteroatoms. The van der Waals surface area contributed by atoms with Gasteiger partial charge in [-0.3, -0.25) is 4.79 Å². The quantitative estimate of drug-likeness (QED) is 0.896. The van der Waals surface area contributed by atoms with Gasteiger partial charge in [0.2, 0.25) is 0 Å². The van der Waals surface area contributed by atoms with Crippen molar-refractivity contribution in [1.29, 1.82) is 0 Å². The number of morpholine rings is 1. The molecule has 1 aromatic heterocycles. The van der Waals surface area contributed by atoms with E-state index in [-0.39, 0.29) is 5.91 Å². The number of anilines is 1. The van der Waals surface area contributed by atoms with Crippen LogP contribution in [0.2, 0.25) is 5.02 Å². The van der Waals surface area contributed by atoms with Gasteiger partial charge in [-0.15, -0.1) is 0 Å². The summed E-state index contributed by atoms with van der Waals surface area (Å²) in [6, 6.07) is 7.60. The molecule has 0 bridgehead atoms. The van der Waals surface area contributed by atoms with Crippen LogP contribution in [-0.2, 0) is 11.2 Å². The van der Waals surface area contributed by atoms with Crippen molar-refractivity contribution in [3.63, 3.8) is 0 Å². The van der Waals surface area contributed by atoms with Gasteiger partial charge in [0.25, 0.3) is 5.91 Å². The maximum Gasteiger partial charge on any atom is 0.271 e. The summed E-state index contributed by atoms with van der Waals surface area (Å²) in [6.45, 7) is 3.48. The van der Waals surface area contributed by atoms with Crippen LogP contribution in [0.5, 0.6) is 0 Å². The van der Waals surface area contributed by atoms with Crippen LogP contribution >= 0.6 is 11.6 Å². The molecule has 1 saturated heterocycles. The lowest BCUT2D eigenvalue weighted by atomic mass is 10.1. The standard InChI is InChI=1S/C17H19ClN4O2/c18-14-3-1-2-13(10-14)4-5-19-17(23)15-11-21-16(12-20-15)22-6-8-24-9-7-22/h1-3,10-12H,4-9H2,(H,19,23). The first-order chi connectivity index (χ1) is 11.7. The number of nitrogens with zero attached hydrogens (tertiary/aromatic N) is 3. The highest BCUT2D eigenvalue weighted by Crippen LogP contribution is 2.12. The first-order valence-corrected chi connectivity index (χ1v) is 8.27. The van der Waals surface area contributed by atoms with Gasteiger partial charge in [-0.05, 0) is 24.1 Å². The van der Waals surface area contributed by atoms with Crippen LogP contribution in [0.4, 0.5) is 5.82 Å². The summed E-state index contributed by atoms with van der Waals surface area (Å²) < 4.78 is 5.31. The predicted molar refractivity (Wildman–Crippen MR) is 92.6 cm³/mol. The SMILES string of the molecule is O=C(NCCc1cccc(Cl)c1)c1cnc(N2CCOCC2)cn1. The number of hydrogen-bond donors (Lipinski definition) is 1. The summed E-state index contributed by atoms with van der Waals surface area (Å²) in [5.74, 6) is 0.548. The topological polar surface area (TPSA) is 67.4 Å². The highest BCUT2D eigenvalue weighted by atomic mass is 35.5. The molecule has 1 aliphatic heterocycles. The second-order valence-electron chi connectivity index (χ2n) is 5.50. The number of nitrogens with one attached hydrogen (secondary N) is 1. The van der Waals surface area contributed by atoms with Crippen molar-refractivity contribution in [2.45, 2.75) is 6.42 Å². The van der Waals surface area contributed by atoms with Gasteiger partial charge in [0.05, 0.1) is 25.6 Å². The van der Waals surface area contributed by atoms with Crippen LogP contribution in [0.15, 0.2) is 36.7 Å². The monoisotopic (exact) mass is 346 g/mol. The number of amides is 1. The zero-order valence-corrected chi connectivity index (χ0v) is 14.0. The second-order valence-corrected chi connectivity index (χ2v) is 5.93. The van der Waals surface area contributed by atoms with Crippen molar-refractivity contribution in [3.05, 3.63) is 52.9 Å². The van der Waals surface area contributed by atoms with Crippen molar-refractivity contribution >= 4 is 23.3 Å². The van der Waals surface area contributed by atoms with Gasteiger partial charge >= 0.3 is 0 Å². The van der Waals surface area contributed by atoms with Crippen LogP contribution < -0.4 is 10.2 Å². The molecule has 0 spiro atoms. The number of rotatable bonds is 5. The Morgan fingerprint density at radius 1 is 1.25 bits per heavy atom. The van der Waals surface area contributed by atoms with Crippen LogP contribution in [0, 0.1) is 0 Å². The van der Waals surface area contributed by atoms with Gasteiger partial charge in [0.1, 0.15) is 11.5 Å². The zero-order chi connectivity index (χ0) is 16.8. The average Bonchev–Trinajstić information content (AvgIpc) is 2.63. The summed E-state index contributed by atoms with van der Waals surface area (Å²) in [6.07, 6.45) is 3.86. The summed E-state index contributed by atoms with van der Waals surface area (Å²) in [7, 11) is 0. The molecule has 6 nitrogen and oxygen atoms in total. The third kappa shape index (κ3) is 4.43. The number of carbonyl (C=O) groups is 1. The number of carbonyl (C=O) groups excluding carboxylic acids is 1. The molecule has 24 heavy (non-hydrogen) atoms. The minimum Gasteiger partial charge on any atom is -0.378 e. The molecule has 1 amide bonds. The fourth-order valence-corrected chi connectivity index (χ4v) is 2.71. The summed E-state index contributed by atoms with van der Waals surface area (Å²) >= 11 is 5.94. The maximum absolute atomic E-state index is 12.1. The van der Waals surface area contributed by atoms with E-state index in [0.717, 1.165) is 24.5 Å². The molecule has 0 aliphatic carbocycles. The molecule has 0 unspecified atom stereocenters. The zero-order valence-electron chi connectivity index (χ0n) is 13.2. The van der Waals surface area contributed by atoms with E-state index in [9.17, 15) is 4.79 Å². The number of hydrogen-bond acceptors (Lipinski definition) is 5. The first-order valence-electron chi connectivity index (χ1n) is 7.90.